The number of aliphatic hydroxyl groups is 1. The summed E-state index contributed by atoms with van der Waals surface area (Å²) in [6.07, 6.45) is 2.47. The van der Waals surface area contributed by atoms with Gasteiger partial charge in [-0.3, -0.25) is 14.7 Å². The molecule has 0 atom stereocenters. The van der Waals surface area contributed by atoms with Crippen molar-refractivity contribution < 1.29 is 19.0 Å². The number of anilines is 1. The number of aromatic nitrogens is 3. The third-order valence-corrected chi connectivity index (χ3v) is 6.17. The molecule has 1 aliphatic heterocycles. The molecule has 1 N–H and O–H groups in total. The number of fused-ring (bicyclic) bond motifs is 1. The van der Waals surface area contributed by atoms with Gasteiger partial charge >= 0.3 is 0 Å². The number of piperazine rings is 1. The van der Waals surface area contributed by atoms with Gasteiger partial charge in [-0.15, -0.1) is 0 Å². The minimum absolute atomic E-state index is 0.112. The number of nitrogens with zero attached hydrogens (tertiary/aromatic N) is 5. The Kier molecular flexibility index (Phi) is 8.27. The summed E-state index contributed by atoms with van der Waals surface area (Å²) in [5.41, 5.74) is 1.60. The van der Waals surface area contributed by atoms with Crippen LogP contribution in [-0.2, 0) is 11.3 Å². The lowest BCUT2D eigenvalue weighted by Crippen LogP contribution is -2.49. The quantitative estimate of drug-likeness (QED) is 0.437. The van der Waals surface area contributed by atoms with Crippen molar-refractivity contribution in [2.75, 3.05) is 64.6 Å². The monoisotopic (exact) mass is 485 g/mol. The topological polar surface area (TPSA) is 93.0 Å². The van der Waals surface area contributed by atoms with E-state index >= 15 is 0 Å². The van der Waals surface area contributed by atoms with Crippen LogP contribution >= 0.6 is 0 Å². The SMILES string of the molecule is CCCOCCn1c(=O)c(N2CCN(CCO)CC2)nc2cnc(-c3cccc(OC)c3F)cc21. The molecule has 0 aliphatic carbocycles. The molecule has 3 heterocycles. The molecular formula is C25H32FN5O4. The van der Waals surface area contributed by atoms with E-state index in [2.05, 4.69) is 14.9 Å². The maximum atomic E-state index is 14.9. The molecule has 0 saturated carbocycles. The largest absolute Gasteiger partial charge is 0.494 e. The minimum Gasteiger partial charge on any atom is -0.494 e. The number of hydrogen-bond acceptors (Lipinski definition) is 8. The Morgan fingerprint density at radius 2 is 1.94 bits per heavy atom. The fourth-order valence-corrected chi connectivity index (χ4v) is 4.30. The summed E-state index contributed by atoms with van der Waals surface area (Å²) in [5, 5.41) is 9.20. The number of rotatable bonds is 10. The molecule has 9 nitrogen and oxygen atoms in total. The number of aliphatic hydroxyl groups excluding tert-OH is 1. The van der Waals surface area contributed by atoms with Gasteiger partial charge in [-0.2, -0.15) is 0 Å². The first-order chi connectivity index (χ1) is 17.1. The van der Waals surface area contributed by atoms with Gasteiger partial charge in [0.05, 0.1) is 37.7 Å². The van der Waals surface area contributed by atoms with Crippen LogP contribution in [-0.4, -0.2) is 84.2 Å². The molecule has 1 fully saturated rings. The van der Waals surface area contributed by atoms with Crippen LogP contribution in [0.25, 0.3) is 22.3 Å². The first kappa shape index (κ1) is 25.0. The fourth-order valence-electron chi connectivity index (χ4n) is 4.30. The van der Waals surface area contributed by atoms with Crippen molar-refractivity contribution in [3.8, 4) is 17.0 Å². The summed E-state index contributed by atoms with van der Waals surface area (Å²) in [5.74, 6) is -0.00493. The van der Waals surface area contributed by atoms with Crippen LogP contribution < -0.4 is 15.2 Å². The van der Waals surface area contributed by atoms with E-state index in [0.717, 1.165) is 19.5 Å². The van der Waals surface area contributed by atoms with Gasteiger partial charge < -0.3 is 24.0 Å². The van der Waals surface area contributed by atoms with Crippen LogP contribution in [0.1, 0.15) is 13.3 Å². The maximum absolute atomic E-state index is 14.9. The Balaban J connectivity index is 1.75. The molecule has 10 heteroatoms. The zero-order valence-electron chi connectivity index (χ0n) is 20.2. The van der Waals surface area contributed by atoms with Gasteiger partial charge in [0.1, 0.15) is 5.52 Å². The van der Waals surface area contributed by atoms with E-state index in [0.29, 0.717) is 61.9 Å². The Morgan fingerprint density at radius 1 is 1.14 bits per heavy atom. The number of benzene rings is 1. The van der Waals surface area contributed by atoms with Gasteiger partial charge in [0.2, 0.25) is 0 Å². The maximum Gasteiger partial charge on any atom is 0.294 e. The molecule has 1 aromatic carbocycles. The van der Waals surface area contributed by atoms with Crippen molar-refractivity contribution in [3.05, 3.63) is 46.6 Å². The van der Waals surface area contributed by atoms with E-state index in [1.165, 1.54) is 7.11 Å². The minimum atomic E-state index is -0.507. The Hall–Kier alpha value is -3.08. The van der Waals surface area contributed by atoms with Crippen molar-refractivity contribution in [1.82, 2.24) is 19.4 Å². The molecule has 1 saturated heterocycles. The van der Waals surface area contributed by atoms with E-state index in [1.54, 1.807) is 35.0 Å². The third-order valence-electron chi connectivity index (χ3n) is 6.17. The average molecular weight is 486 g/mol. The number of halogens is 1. The van der Waals surface area contributed by atoms with Gasteiger partial charge in [-0.25, -0.2) is 9.37 Å². The fraction of sp³-hybridized carbons (Fsp3) is 0.480. The molecule has 0 unspecified atom stereocenters. The lowest BCUT2D eigenvalue weighted by Gasteiger charge is -2.34. The van der Waals surface area contributed by atoms with Gasteiger partial charge in [-0.05, 0) is 24.6 Å². The van der Waals surface area contributed by atoms with Gasteiger partial charge in [0.15, 0.2) is 17.4 Å². The first-order valence-electron chi connectivity index (χ1n) is 12.0. The van der Waals surface area contributed by atoms with Gasteiger partial charge in [-0.1, -0.05) is 13.0 Å². The van der Waals surface area contributed by atoms with Crippen molar-refractivity contribution >= 4 is 16.9 Å². The van der Waals surface area contributed by atoms with Crippen LogP contribution in [0.5, 0.6) is 5.75 Å². The summed E-state index contributed by atoms with van der Waals surface area (Å²) in [7, 11) is 1.42. The molecule has 3 aromatic rings. The van der Waals surface area contributed by atoms with E-state index in [4.69, 9.17) is 9.47 Å². The molecule has 2 aromatic heterocycles. The van der Waals surface area contributed by atoms with E-state index in [1.807, 2.05) is 11.8 Å². The number of ether oxygens (including phenoxy) is 2. The second kappa shape index (κ2) is 11.6. The van der Waals surface area contributed by atoms with Crippen LogP contribution in [0.2, 0.25) is 0 Å². The normalized spacial score (nSPS) is 14.6. The van der Waals surface area contributed by atoms with E-state index in [9.17, 15) is 14.3 Å². The number of β-amino-alcohol motifs (C(OH)–C–C–N with tert-alkyl or cyclic N) is 1. The summed E-state index contributed by atoms with van der Waals surface area (Å²) in [4.78, 5) is 26.9. The number of hydrogen-bond donors (Lipinski definition) is 1. The predicted molar refractivity (Wildman–Crippen MR) is 133 cm³/mol. The summed E-state index contributed by atoms with van der Waals surface area (Å²) < 4.78 is 27.3. The first-order valence-corrected chi connectivity index (χ1v) is 12.0. The molecular weight excluding hydrogens is 453 g/mol. The standard InChI is InChI=1S/C25H32FN5O4/c1-3-14-35-15-12-31-21-16-19(18-5-4-6-22(34-2)23(18)26)27-17-20(21)28-24(25(31)33)30-9-7-29(8-10-30)11-13-32/h4-6,16-17,32H,3,7-15H2,1-2H3. The van der Waals surface area contributed by atoms with Crippen molar-refractivity contribution in [1.29, 1.82) is 0 Å². The van der Waals surface area contributed by atoms with Crippen molar-refractivity contribution in [2.45, 2.75) is 19.9 Å². The zero-order chi connectivity index (χ0) is 24.8. The van der Waals surface area contributed by atoms with Crippen LogP contribution in [0, 0.1) is 5.82 Å². The Morgan fingerprint density at radius 3 is 2.66 bits per heavy atom. The van der Waals surface area contributed by atoms with Crippen LogP contribution in [0.4, 0.5) is 10.2 Å². The second-order valence-electron chi connectivity index (χ2n) is 8.44. The Labute approximate surface area is 203 Å². The lowest BCUT2D eigenvalue weighted by molar-refractivity contribution is 0.127. The average Bonchev–Trinajstić information content (AvgIpc) is 2.88. The van der Waals surface area contributed by atoms with Gasteiger partial charge in [0, 0.05) is 51.4 Å². The molecule has 0 radical (unpaired) electrons. The second-order valence-corrected chi connectivity index (χ2v) is 8.44. The zero-order valence-corrected chi connectivity index (χ0v) is 20.2. The molecule has 0 amide bonds. The van der Waals surface area contributed by atoms with Gasteiger partial charge in [0.25, 0.3) is 5.56 Å². The molecule has 188 valence electrons. The molecule has 1 aliphatic rings. The van der Waals surface area contributed by atoms with Crippen LogP contribution in [0.3, 0.4) is 0 Å². The summed E-state index contributed by atoms with van der Waals surface area (Å²) >= 11 is 0. The number of pyridine rings is 1. The summed E-state index contributed by atoms with van der Waals surface area (Å²) in [6.45, 7) is 6.86. The number of methoxy groups -OCH3 is 1. The highest BCUT2D eigenvalue weighted by molar-refractivity contribution is 5.80. The summed E-state index contributed by atoms with van der Waals surface area (Å²) in [6, 6.07) is 6.58. The smallest absolute Gasteiger partial charge is 0.294 e. The highest BCUT2D eigenvalue weighted by Gasteiger charge is 2.23. The highest BCUT2D eigenvalue weighted by Crippen LogP contribution is 2.29. The molecule has 35 heavy (non-hydrogen) atoms. The van der Waals surface area contributed by atoms with E-state index < -0.39 is 5.82 Å². The third kappa shape index (κ3) is 5.44. The lowest BCUT2D eigenvalue weighted by atomic mass is 10.1. The predicted octanol–water partition coefficient (Wildman–Crippen LogP) is 2.15. The molecule has 0 bridgehead atoms. The molecule has 0 spiro atoms. The van der Waals surface area contributed by atoms with Crippen molar-refractivity contribution in [3.63, 3.8) is 0 Å². The van der Waals surface area contributed by atoms with Crippen LogP contribution in [0.15, 0.2) is 35.3 Å². The Bertz CT molecular complexity index is 1210. The van der Waals surface area contributed by atoms with E-state index in [-0.39, 0.29) is 23.5 Å². The highest BCUT2D eigenvalue weighted by atomic mass is 19.1. The molecule has 4 rings (SSSR count). The van der Waals surface area contributed by atoms with Crippen molar-refractivity contribution in [2.24, 2.45) is 0 Å².